The van der Waals surface area contributed by atoms with Gasteiger partial charge in [-0.15, -0.1) is 0 Å². The number of rotatable bonds is 0. The van der Waals surface area contributed by atoms with Crippen LogP contribution in [-0.4, -0.2) is 0 Å². The van der Waals surface area contributed by atoms with Crippen LogP contribution in [0.2, 0.25) is 0 Å². The number of fused-ring (bicyclic) bond motifs is 8. The Morgan fingerprint density at radius 1 is 0.315 bits per heavy atom. The minimum Gasteiger partial charge on any atom is -0.454 e. The van der Waals surface area contributed by atoms with E-state index in [1.807, 2.05) is 0 Å². The first-order chi connectivity index (χ1) is 26.7. The lowest BCUT2D eigenvalue weighted by molar-refractivity contribution is 0.457. The third-order valence-corrected chi connectivity index (χ3v) is 10.9. The molecule has 0 amide bonds. The van der Waals surface area contributed by atoms with Crippen molar-refractivity contribution in [3.63, 3.8) is 0 Å². The van der Waals surface area contributed by atoms with Crippen molar-refractivity contribution in [3.05, 3.63) is 203 Å². The summed E-state index contributed by atoms with van der Waals surface area (Å²) < 4.78 is 6.88. The molecule has 10 aromatic carbocycles. The summed E-state index contributed by atoms with van der Waals surface area (Å²) in [5, 5.41) is 14.2. The van der Waals surface area contributed by atoms with Crippen LogP contribution in [0.1, 0.15) is 33.4 Å². The first kappa shape index (κ1) is 30.3. The molecule has 0 atom stereocenters. The highest BCUT2D eigenvalue weighted by Gasteiger charge is 2.22. The summed E-state index contributed by atoms with van der Waals surface area (Å²) in [6.07, 6.45) is 0.752. The van der Waals surface area contributed by atoms with Crippen LogP contribution >= 0.6 is 0 Å². The van der Waals surface area contributed by atoms with Crippen LogP contribution in [0, 0.1) is 23.7 Å². The largest absolute Gasteiger partial charge is 0.454 e. The average molecular weight is 683 g/mol. The first-order valence-corrected chi connectivity index (χ1v) is 18.4. The Kier molecular flexibility index (Phi) is 6.81. The Morgan fingerprint density at radius 2 is 0.704 bits per heavy atom. The highest BCUT2D eigenvalue weighted by atomic mass is 16.5. The maximum atomic E-state index is 6.88. The zero-order chi connectivity index (χ0) is 35.6. The normalized spacial score (nSPS) is 11.9. The van der Waals surface area contributed by atoms with Crippen LogP contribution < -0.4 is 4.74 Å². The predicted molar refractivity (Wildman–Crippen MR) is 226 cm³/mol. The van der Waals surface area contributed by atoms with Gasteiger partial charge in [-0.05, 0) is 113 Å². The molecule has 0 unspecified atom stereocenters. The molecular formula is C53H30O. The van der Waals surface area contributed by atoms with Gasteiger partial charge in [0.25, 0.3) is 0 Å². The molecule has 0 aromatic heterocycles. The van der Waals surface area contributed by atoms with Crippen LogP contribution in [0.5, 0.6) is 11.5 Å². The molecule has 0 spiro atoms. The van der Waals surface area contributed by atoms with E-state index in [4.69, 9.17) is 4.74 Å². The minimum atomic E-state index is 0.752. The van der Waals surface area contributed by atoms with Gasteiger partial charge < -0.3 is 4.74 Å². The molecule has 10 aromatic rings. The van der Waals surface area contributed by atoms with Gasteiger partial charge in [-0.3, -0.25) is 0 Å². The Hall–Kier alpha value is -7.32. The van der Waals surface area contributed by atoms with Gasteiger partial charge in [-0.2, -0.15) is 0 Å². The lowest BCUT2D eigenvalue weighted by atomic mass is 9.93. The van der Waals surface area contributed by atoms with Crippen LogP contribution in [0.3, 0.4) is 0 Å². The SMILES string of the molecule is C(#Cc1c2ccccc2cc2cc3ccccc3cc12)c1cccc2c1Oc1c(C#Cc3c4ccccc4cc4cc5ccccc5cc34)cccc1C2. The Bertz CT molecular complexity index is 3110. The van der Waals surface area contributed by atoms with Crippen molar-refractivity contribution >= 4 is 64.6 Å². The highest BCUT2D eigenvalue weighted by Crippen LogP contribution is 2.41. The second-order valence-corrected chi connectivity index (χ2v) is 14.2. The summed E-state index contributed by atoms with van der Waals surface area (Å²) in [5.74, 6) is 16.0. The molecule has 0 N–H and O–H groups in total. The first-order valence-electron chi connectivity index (χ1n) is 18.4. The molecule has 1 nitrogen and oxygen atoms in total. The molecule has 0 fully saturated rings. The third-order valence-electron chi connectivity index (χ3n) is 10.9. The third kappa shape index (κ3) is 4.99. The summed E-state index contributed by atoms with van der Waals surface area (Å²) in [6.45, 7) is 0. The van der Waals surface area contributed by atoms with Gasteiger partial charge in [0.1, 0.15) is 11.5 Å². The van der Waals surface area contributed by atoms with E-state index in [0.29, 0.717) is 0 Å². The molecular weight excluding hydrogens is 653 g/mol. The van der Waals surface area contributed by atoms with E-state index in [1.165, 1.54) is 43.1 Å². The molecule has 248 valence electrons. The van der Waals surface area contributed by atoms with Gasteiger partial charge in [-0.25, -0.2) is 0 Å². The molecule has 0 radical (unpaired) electrons. The topological polar surface area (TPSA) is 9.23 Å². The average Bonchev–Trinajstić information content (AvgIpc) is 3.21. The molecule has 0 aliphatic carbocycles. The number of benzene rings is 10. The summed E-state index contributed by atoms with van der Waals surface area (Å²) in [7, 11) is 0. The molecule has 0 saturated carbocycles. The minimum absolute atomic E-state index is 0.752. The van der Waals surface area contributed by atoms with Crippen LogP contribution in [-0.2, 0) is 6.42 Å². The quantitative estimate of drug-likeness (QED) is 0.114. The van der Waals surface area contributed by atoms with Crippen molar-refractivity contribution in [3.8, 4) is 35.2 Å². The molecule has 11 rings (SSSR count). The van der Waals surface area contributed by atoms with E-state index in [0.717, 1.165) is 72.8 Å². The van der Waals surface area contributed by atoms with Crippen LogP contribution in [0.15, 0.2) is 170 Å². The van der Waals surface area contributed by atoms with Crippen molar-refractivity contribution < 1.29 is 4.74 Å². The summed E-state index contributed by atoms with van der Waals surface area (Å²) >= 11 is 0. The molecule has 1 heterocycles. The monoisotopic (exact) mass is 682 g/mol. The molecule has 1 aliphatic rings. The summed E-state index contributed by atoms with van der Waals surface area (Å²) in [4.78, 5) is 0. The number of hydrogen-bond donors (Lipinski definition) is 0. The zero-order valence-electron chi connectivity index (χ0n) is 29.3. The van der Waals surface area contributed by atoms with E-state index in [1.54, 1.807) is 0 Å². The van der Waals surface area contributed by atoms with Gasteiger partial charge in [0.05, 0.1) is 11.1 Å². The molecule has 54 heavy (non-hydrogen) atoms. The van der Waals surface area contributed by atoms with Crippen molar-refractivity contribution in [1.29, 1.82) is 0 Å². The van der Waals surface area contributed by atoms with E-state index < -0.39 is 0 Å². The fourth-order valence-corrected chi connectivity index (χ4v) is 8.24. The maximum absolute atomic E-state index is 6.88. The molecule has 1 heteroatoms. The Balaban J connectivity index is 1.04. The molecule has 0 bridgehead atoms. The molecule has 1 aliphatic heterocycles. The zero-order valence-corrected chi connectivity index (χ0v) is 29.3. The van der Waals surface area contributed by atoms with Crippen molar-refractivity contribution in [2.24, 2.45) is 0 Å². The summed E-state index contributed by atoms with van der Waals surface area (Å²) in [5.41, 5.74) is 6.05. The van der Waals surface area contributed by atoms with E-state index in [9.17, 15) is 0 Å². The van der Waals surface area contributed by atoms with Gasteiger partial charge in [0.15, 0.2) is 0 Å². The van der Waals surface area contributed by atoms with E-state index >= 15 is 0 Å². The smallest absolute Gasteiger partial charge is 0.146 e. The van der Waals surface area contributed by atoms with Crippen molar-refractivity contribution in [2.45, 2.75) is 6.42 Å². The number of ether oxygens (including phenoxy) is 1. The second kappa shape index (κ2) is 12.1. The van der Waals surface area contributed by atoms with Gasteiger partial charge in [0, 0.05) is 28.7 Å². The Morgan fingerprint density at radius 3 is 1.17 bits per heavy atom. The fourth-order valence-electron chi connectivity index (χ4n) is 8.24. The Labute approximate surface area is 313 Å². The van der Waals surface area contributed by atoms with Crippen molar-refractivity contribution in [2.75, 3.05) is 0 Å². The lowest BCUT2D eigenvalue weighted by Crippen LogP contribution is -2.06. The van der Waals surface area contributed by atoms with Crippen molar-refractivity contribution in [1.82, 2.24) is 0 Å². The van der Waals surface area contributed by atoms with Gasteiger partial charge >= 0.3 is 0 Å². The van der Waals surface area contributed by atoms with Crippen LogP contribution in [0.4, 0.5) is 0 Å². The van der Waals surface area contributed by atoms with Gasteiger partial charge in [-0.1, -0.05) is 145 Å². The molecule has 0 saturated heterocycles. The fraction of sp³-hybridized carbons (Fsp3) is 0.0189. The summed E-state index contributed by atoms with van der Waals surface area (Å²) in [6, 6.07) is 60.4. The second-order valence-electron chi connectivity index (χ2n) is 14.2. The van der Waals surface area contributed by atoms with E-state index in [2.05, 4.69) is 194 Å². The standard InChI is InChI=1S/C53H30O/c1-3-13-38-32-50-44(27-36(38)11-1)29-40-15-5-7-21-46(40)48(50)25-23-34-17-9-19-42-31-43-20-10-18-35(53(43)54-52(34)42)24-26-49-47-22-8-6-16-41(47)30-45-28-37-12-2-4-14-39(37)33-51(45)49/h1-22,27-30,32-33H,31H2. The number of hydrogen-bond acceptors (Lipinski definition) is 1. The maximum Gasteiger partial charge on any atom is 0.146 e. The predicted octanol–water partition coefficient (Wildman–Crippen LogP) is 13.1. The van der Waals surface area contributed by atoms with E-state index in [-0.39, 0.29) is 0 Å². The van der Waals surface area contributed by atoms with Gasteiger partial charge in [0.2, 0.25) is 0 Å². The highest BCUT2D eigenvalue weighted by molar-refractivity contribution is 6.10. The lowest BCUT2D eigenvalue weighted by Gasteiger charge is -2.22. The number of para-hydroxylation sites is 2. The van der Waals surface area contributed by atoms with Crippen LogP contribution in [0.25, 0.3) is 64.6 Å².